The van der Waals surface area contributed by atoms with E-state index in [2.05, 4.69) is 10.6 Å². The summed E-state index contributed by atoms with van der Waals surface area (Å²) in [6.07, 6.45) is 1.97. The molecule has 2 aromatic carbocycles. The van der Waals surface area contributed by atoms with Crippen LogP contribution < -0.4 is 16.4 Å². The van der Waals surface area contributed by atoms with E-state index in [9.17, 15) is 9.59 Å². The van der Waals surface area contributed by atoms with E-state index >= 15 is 0 Å². The fourth-order valence-electron chi connectivity index (χ4n) is 3.08. The number of hydrogen-bond acceptors (Lipinski definition) is 6. The van der Waals surface area contributed by atoms with Crippen LogP contribution in [0.25, 0.3) is 26.4 Å². The SMILES string of the molecule is CNC(=O)c1ccc(-c2cn3c(n2)sc2cc(C(=O)N[C@@H](C)CN)ccc23)cc1.O=CO. The molecule has 2 heterocycles. The van der Waals surface area contributed by atoms with Crippen molar-refractivity contribution in [3.05, 3.63) is 59.8 Å². The van der Waals surface area contributed by atoms with Crippen molar-refractivity contribution >= 4 is 44.8 Å². The van der Waals surface area contributed by atoms with Crippen LogP contribution >= 0.6 is 11.3 Å². The Hall–Kier alpha value is -3.76. The minimum Gasteiger partial charge on any atom is -0.483 e. The third-order valence-corrected chi connectivity index (χ3v) is 5.77. The molecule has 1 atom stereocenters. The number of aromatic nitrogens is 2. The fourth-order valence-corrected chi connectivity index (χ4v) is 4.13. The first-order chi connectivity index (χ1) is 15.4. The summed E-state index contributed by atoms with van der Waals surface area (Å²) in [6, 6.07) is 12.9. The summed E-state index contributed by atoms with van der Waals surface area (Å²) in [4.78, 5) is 38.0. The standard InChI is InChI=1S/C21H21N5O2S.CH2O2/c1-12(10-22)24-20(28)15-7-8-17-18(9-15)29-21-25-16(11-26(17)21)13-3-5-14(6-4-13)19(27)23-2;2-1-3/h3-9,11-12H,10,22H2,1-2H3,(H,23,27)(H,24,28);1H,(H,2,3)/t12-;/m0./s1. The monoisotopic (exact) mass is 453 g/mol. The molecule has 32 heavy (non-hydrogen) atoms. The molecule has 4 rings (SSSR count). The molecular formula is C22H23N5O4S. The van der Waals surface area contributed by atoms with Gasteiger partial charge in [0.1, 0.15) is 0 Å². The predicted molar refractivity (Wildman–Crippen MR) is 124 cm³/mol. The summed E-state index contributed by atoms with van der Waals surface area (Å²) in [5.74, 6) is -0.248. The van der Waals surface area contributed by atoms with Crippen LogP contribution in [0.2, 0.25) is 0 Å². The fraction of sp³-hybridized carbons (Fsp3) is 0.182. The number of fused-ring (bicyclic) bond motifs is 3. The van der Waals surface area contributed by atoms with Crippen LogP contribution in [-0.4, -0.2) is 52.4 Å². The minimum atomic E-state index is -0.250. The highest BCUT2D eigenvalue weighted by atomic mass is 32.1. The van der Waals surface area contributed by atoms with Gasteiger partial charge in [-0.25, -0.2) is 4.98 Å². The number of hydrogen-bond donors (Lipinski definition) is 4. The number of carboxylic acid groups (broad SMARTS) is 1. The average Bonchev–Trinajstić information content (AvgIpc) is 3.36. The minimum absolute atomic E-state index is 0.0730. The molecule has 2 aromatic heterocycles. The van der Waals surface area contributed by atoms with Crippen LogP contribution in [0.4, 0.5) is 0 Å². The van der Waals surface area contributed by atoms with Gasteiger partial charge in [-0.15, -0.1) is 0 Å². The van der Waals surface area contributed by atoms with E-state index in [1.54, 1.807) is 19.2 Å². The molecule has 0 aliphatic rings. The van der Waals surface area contributed by atoms with Crippen LogP contribution in [0.5, 0.6) is 0 Å². The maximum Gasteiger partial charge on any atom is 0.290 e. The van der Waals surface area contributed by atoms with Crippen LogP contribution in [0.1, 0.15) is 27.6 Å². The number of nitrogens with two attached hydrogens (primary N) is 1. The van der Waals surface area contributed by atoms with Crippen molar-refractivity contribution in [2.75, 3.05) is 13.6 Å². The molecule has 4 aromatic rings. The average molecular weight is 454 g/mol. The third-order valence-electron chi connectivity index (χ3n) is 4.76. The van der Waals surface area contributed by atoms with Crippen LogP contribution in [0.15, 0.2) is 48.7 Å². The van der Waals surface area contributed by atoms with Gasteiger partial charge in [0.15, 0.2) is 4.96 Å². The Morgan fingerprint density at radius 2 is 1.84 bits per heavy atom. The highest BCUT2D eigenvalue weighted by Gasteiger charge is 2.14. The molecule has 0 saturated heterocycles. The number of nitrogens with zero attached hydrogens (tertiary/aromatic N) is 2. The number of benzene rings is 2. The first-order valence-electron chi connectivity index (χ1n) is 9.74. The van der Waals surface area contributed by atoms with Crippen molar-refractivity contribution in [2.24, 2.45) is 5.73 Å². The highest BCUT2D eigenvalue weighted by Crippen LogP contribution is 2.30. The van der Waals surface area contributed by atoms with Gasteiger partial charge < -0.3 is 21.5 Å². The van der Waals surface area contributed by atoms with Gasteiger partial charge in [0.2, 0.25) is 0 Å². The van der Waals surface area contributed by atoms with E-state index in [0.717, 1.165) is 26.4 Å². The Morgan fingerprint density at radius 1 is 1.19 bits per heavy atom. The zero-order valence-corrected chi connectivity index (χ0v) is 18.3. The van der Waals surface area contributed by atoms with Crippen molar-refractivity contribution in [1.82, 2.24) is 20.0 Å². The van der Waals surface area contributed by atoms with Crippen molar-refractivity contribution in [3.8, 4) is 11.3 Å². The van der Waals surface area contributed by atoms with E-state index in [4.69, 9.17) is 20.6 Å². The molecule has 0 unspecified atom stereocenters. The van der Waals surface area contributed by atoms with Crippen molar-refractivity contribution in [1.29, 1.82) is 0 Å². The second-order valence-corrected chi connectivity index (χ2v) is 7.94. The lowest BCUT2D eigenvalue weighted by atomic mass is 10.1. The normalized spacial score (nSPS) is 11.5. The predicted octanol–water partition coefficient (Wildman–Crippen LogP) is 2.35. The number of rotatable bonds is 5. The topological polar surface area (TPSA) is 139 Å². The first-order valence-corrected chi connectivity index (χ1v) is 10.6. The smallest absolute Gasteiger partial charge is 0.290 e. The third kappa shape index (κ3) is 4.76. The van der Waals surface area contributed by atoms with Crippen LogP contribution in [0.3, 0.4) is 0 Å². The molecule has 0 aliphatic heterocycles. The zero-order valence-electron chi connectivity index (χ0n) is 17.5. The molecule has 0 saturated carbocycles. The number of imidazole rings is 1. The molecule has 9 nitrogen and oxygen atoms in total. The van der Waals surface area contributed by atoms with Gasteiger partial charge in [-0.1, -0.05) is 23.5 Å². The Morgan fingerprint density at radius 3 is 2.47 bits per heavy atom. The molecule has 166 valence electrons. The summed E-state index contributed by atoms with van der Waals surface area (Å²) in [5, 5.41) is 12.4. The molecule has 0 spiro atoms. The largest absolute Gasteiger partial charge is 0.483 e. The summed E-state index contributed by atoms with van der Waals surface area (Å²) in [5.41, 5.74) is 9.55. The van der Waals surface area contributed by atoms with Crippen molar-refractivity contribution in [2.45, 2.75) is 13.0 Å². The van der Waals surface area contributed by atoms with Crippen molar-refractivity contribution < 1.29 is 19.5 Å². The van der Waals surface area contributed by atoms with Gasteiger partial charge in [0.05, 0.1) is 15.9 Å². The molecule has 10 heteroatoms. The molecular weight excluding hydrogens is 430 g/mol. The van der Waals surface area contributed by atoms with Gasteiger partial charge in [-0.05, 0) is 37.3 Å². The van der Waals surface area contributed by atoms with E-state index in [0.29, 0.717) is 17.7 Å². The van der Waals surface area contributed by atoms with E-state index in [-0.39, 0.29) is 24.3 Å². The van der Waals surface area contributed by atoms with Gasteiger partial charge >= 0.3 is 0 Å². The van der Waals surface area contributed by atoms with Crippen LogP contribution in [0, 0.1) is 0 Å². The van der Waals surface area contributed by atoms with Gasteiger partial charge in [0.25, 0.3) is 18.3 Å². The summed E-state index contributed by atoms with van der Waals surface area (Å²) < 4.78 is 3.01. The highest BCUT2D eigenvalue weighted by molar-refractivity contribution is 7.23. The van der Waals surface area contributed by atoms with Gasteiger partial charge in [-0.2, -0.15) is 0 Å². The van der Waals surface area contributed by atoms with E-state index < -0.39 is 0 Å². The Bertz CT molecular complexity index is 1260. The van der Waals surface area contributed by atoms with Crippen molar-refractivity contribution in [3.63, 3.8) is 0 Å². The molecule has 5 N–H and O–H groups in total. The van der Waals surface area contributed by atoms with Gasteiger partial charge in [0, 0.05) is 42.5 Å². The number of carbonyl (C=O) groups excluding carboxylic acids is 2. The molecule has 0 aliphatic carbocycles. The Kier molecular flexibility index (Phi) is 7.18. The van der Waals surface area contributed by atoms with Crippen LogP contribution in [-0.2, 0) is 4.79 Å². The van der Waals surface area contributed by atoms with Gasteiger partial charge in [-0.3, -0.25) is 18.8 Å². The Labute approximate surface area is 187 Å². The second-order valence-electron chi connectivity index (χ2n) is 6.94. The summed E-state index contributed by atoms with van der Waals surface area (Å²) >= 11 is 1.53. The summed E-state index contributed by atoms with van der Waals surface area (Å²) in [6.45, 7) is 2.02. The molecule has 2 amide bonds. The van der Waals surface area contributed by atoms with E-state index in [1.165, 1.54) is 11.3 Å². The lowest BCUT2D eigenvalue weighted by Gasteiger charge is -2.11. The number of carbonyl (C=O) groups is 3. The second kappa shape index (κ2) is 10.0. The molecule has 0 bridgehead atoms. The Balaban J connectivity index is 0.000000913. The maximum atomic E-state index is 12.3. The zero-order chi connectivity index (χ0) is 23.3. The summed E-state index contributed by atoms with van der Waals surface area (Å²) in [7, 11) is 1.61. The lowest BCUT2D eigenvalue weighted by Crippen LogP contribution is -2.37. The molecule has 0 radical (unpaired) electrons. The number of amides is 2. The number of thiazole rings is 1. The molecule has 0 fully saturated rings. The van der Waals surface area contributed by atoms with E-state index in [1.807, 2.05) is 47.9 Å². The lowest BCUT2D eigenvalue weighted by molar-refractivity contribution is -0.122. The first kappa shape index (κ1) is 22.9. The quantitative estimate of drug-likeness (QED) is 0.342. The number of nitrogens with one attached hydrogen (secondary N) is 2. The maximum absolute atomic E-state index is 12.3.